The van der Waals surface area contributed by atoms with Gasteiger partial charge in [-0.1, -0.05) is 23.2 Å². The number of carbonyl (C=O) groups is 2. The molecular weight excluding hydrogens is 315 g/mol. The Bertz CT molecular complexity index is 543. The molecule has 7 heteroatoms. The Morgan fingerprint density at radius 3 is 2.57 bits per heavy atom. The van der Waals surface area contributed by atoms with Crippen molar-refractivity contribution < 1.29 is 14.3 Å². The number of esters is 1. The lowest BCUT2D eigenvalue weighted by atomic mass is 9.86. The lowest BCUT2D eigenvalue weighted by Gasteiger charge is -2.27. The van der Waals surface area contributed by atoms with E-state index < -0.39 is 0 Å². The Hall–Kier alpha value is -1.33. The predicted octanol–water partition coefficient (Wildman–Crippen LogP) is 2.85. The van der Waals surface area contributed by atoms with Gasteiger partial charge in [-0.2, -0.15) is 0 Å². The van der Waals surface area contributed by atoms with Gasteiger partial charge in [-0.05, 0) is 31.7 Å². The molecule has 1 saturated carbocycles. The van der Waals surface area contributed by atoms with Crippen molar-refractivity contribution in [3.05, 3.63) is 28.0 Å². The van der Waals surface area contributed by atoms with Crippen LogP contribution in [0, 0.1) is 5.92 Å². The molecule has 0 spiro atoms. The summed E-state index contributed by atoms with van der Waals surface area (Å²) < 4.78 is 4.74. The van der Waals surface area contributed by atoms with E-state index in [0.29, 0.717) is 18.4 Å². The number of halogens is 2. The van der Waals surface area contributed by atoms with E-state index in [0.717, 1.165) is 12.8 Å². The number of methoxy groups -OCH3 is 1. The zero-order valence-corrected chi connectivity index (χ0v) is 13.1. The smallest absolute Gasteiger partial charge is 0.308 e. The molecule has 1 amide bonds. The topological polar surface area (TPSA) is 68.3 Å². The van der Waals surface area contributed by atoms with E-state index in [9.17, 15) is 9.59 Å². The number of ether oxygens (including phenoxy) is 1. The monoisotopic (exact) mass is 330 g/mol. The summed E-state index contributed by atoms with van der Waals surface area (Å²) in [7, 11) is 1.39. The van der Waals surface area contributed by atoms with E-state index in [1.54, 1.807) is 0 Å². The first-order valence-corrected chi connectivity index (χ1v) is 7.46. The summed E-state index contributed by atoms with van der Waals surface area (Å²) in [6.07, 6.45) is 4.25. The lowest BCUT2D eigenvalue weighted by molar-refractivity contribution is -0.146. The van der Waals surface area contributed by atoms with Crippen molar-refractivity contribution in [2.75, 3.05) is 7.11 Å². The van der Waals surface area contributed by atoms with Gasteiger partial charge >= 0.3 is 5.97 Å². The molecule has 0 unspecified atom stereocenters. The summed E-state index contributed by atoms with van der Waals surface area (Å²) in [6.45, 7) is 0. The second-order valence-corrected chi connectivity index (χ2v) is 5.83. The third-order valence-corrected chi connectivity index (χ3v) is 4.17. The maximum Gasteiger partial charge on any atom is 0.308 e. The second-order valence-electron chi connectivity index (χ2n) is 5.03. The zero-order chi connectivity index (χ0) is 15.4. The summed E-state index contributed by atoms with van der Waals surface area (Å²) in [6, 6.07) is 1.47. The molecule has 1 aliphatic rings. The van der Waals surface area contributed by atoms with Gasteiger partial charge in [0.1, 0.15) is 5.15 Å². The first kappa shape index (κ1) is 16.0. The fourth-order valence-electron chi connectivity index (χ4n) is 2.49. The van der Waals surface area contributed by atoms with Gasteiger partial charge in [0.15, 0.2) is 0 Å². The van der Waals surface area contributed by atoms with Crippen LogP contribution < -0.4 is 5.32 Å². The van der Waals surface area contributed by atoms with E-state index in [1.165, 1.54) is 19.4 Å². The summed E-state index contributed by atoms with van der Waals surface area (Å²) in [5.74, 6) is -0.517. The minimum absolute atomic E-state index is 0.0291. The number of rotatable bonds is 3. The van der Waals surface area contributed by atoms with Gasteiger partial charge in [0, 0.05) is 12.2 Å². The first-order chi connectivity index (χ1) is 10.0. The average molecular weight is 331 g/mol. The lowest BCUT2D eigenvalue weighted by Crippen LogP contribution is -2.39. The van der Waals surface area contributed by atoms with Crippen LogP contribution in [0.25, 0.3) is 0 Å². The molecule has 0 atom stereocenters. The predicted molar refractivity (Wildman–Crippen MR) is 79.5 cm³/mol. The van der Waals surface area contributed by atoms with Gasteiger partial charge in [-0.15, -0.1) is 0 Å². The molecule has 0 bridgehead atoms. The molecule has 1 fully saturated rings. The molecule has 1 aromatic rings. The van der Waals surface area contributed by atoms with Gasteiger partial charge in [-0.25, -0.2) is 4.98 Å². The molecule has 1 aromatic heterocycles. The number of amides is 1. The molecule has 0 aliphatic heterocycles. The van der Waals surface area contributed by atoms with Crippen molar-refractivity contribution in [2.45, 2.75) is 31.7 Å². The van der Waals surface area contributed by atoms with Crippen molar-refractivity contribution in [1.82, 2.24) is 10.3 Å². The van der Waals surface area contributed by atoms with Crippen LogP contribution in [0.15, 0.2) is 12.3 Å². The van der Waals surface area contributed by atoms with Crippen LogP contribution in [0.4, 0.5) is 0 Å². The van der Waals surface area contributed by atoms with Crippen LogP contribution in [0.2, 0.25) is 10.2 Å². The third-order valence-electron chi connectivity index (χ3n) is 3.66. The van der Waals surface area contributed by atoms with E-state index in [-0.39, 0.29) is 34.0 Å². The highest BCUT2D eigenvalue weighted by Gasteiger charge is 2.28. The number of pyridine rings is 1. The fourth-order valence-corrected chi connectivity index (χ4v) is 2.84. The van der Waals surface area contributed by atoms with Crippen LogP contribution in [-0.2, 0) is 9.53 Å². The highest BCUT2D eigenvalue weighted by Crippen LogP contribution is 2.26. The number of carbonyl (C=O) groups excluding carboxylic acids is 2. The molecule has 114 valence electrons. The summed E-state index contributed by atoms with van der Waals surface area (Å²) >= 11 is 11.7. The summed E-state index contributed by atoms with van der Waals surface area (Å²) in [5, 5.41) is 3.40. The van der Waals surface area contributed by atoms with Crippen molar-refractivity contribution in [1.29, 1.82) is 0 Å². The number of hydrogen-bond donors (Lipinski definition) is 1. The van der Waals surface area contributed by atoms with Crippen molar-refractivity contribution in [3.63, 3.8) is 0 Å². The first-order valence-electron chi connectivity index (χ1n) is 6.71. The summed E-state index contributed by atoms with van der Waals surface area (Å²) in [5.41, 5.74) is 0.312. The minimum Gasteiger partial charge on any atom is -0.469 e. The normalized spacial score (nSPS) is 21.7. The van der Waals surface area contributed by atoms with Crippen molar-refractivity contribution in [3.8, 4) is 0 Å². The molecule has 1 aliphatic carbocycles. The SMILES string of the molecule is COC(=O)C1CCC(NC(=O)c2cc(Cl)ncc2Cl)CC1. The Morgan fingerprint density at radius 1 is 1.29 bits per heavy atom. The van der Waals surface area contributed by atoms with Crippen molar-refractivity contribution in [2.24, 2.45) is 5.92 Å². The molecule has 0 radical (unpaired) electrons. The maximum atomic E-state index is 12.2. The Balaban J connectivity index is 1.93. The van der Waals surface area contributed by atoms with E-state index in [1.807, 2.05) is 0 Å². The molecule has 0 aromatic carbocycles. The number of nitrogens with zero attached hydrogens (tertiary/aromatic N) is 1. The number of hydrogen-bond acceptors (Lipinski definition) is 4. The van der Waals surface area contributed by atoms with Gasteiger partial charge in [0.2, 0.25) is 0 Å². The van der Waals surface area contributed by atoms with Crippen LogP contribution >= 0.6 is 23.2 Å². The number of nitrogens with one attached hydrogen (secondary N) is 1. The van der Waals surface area contributed by atoms with Gasteiger partial charge in [0.05, 0.1) is 23.6 Å². The van der Waals surface area contributed by atoms with Gasteiger partial charge < -0.3 is 10.1 Å². The minimum atomic E-state index is -0.272. The third kappa shape index (κ3) is 4.08. The van der Waals surface area contributed by atoms with Crippen LogP contribution in [0.5, 0.6) is 0 Å². The second kappa shape index (κ2) is 7.09. The molecule has 5 nitrogen and oxygen atoms in total. The highest BCUT2D eigenvalue weighted by molar-refractivity contribution is 6.35. The maximum absolute atomic E-state index is 12.2. The van der Waals surface area contributed by atoms with E-state index in [2.05, 4.69) is 10.3 Å². The van der Waals surface area contributed by atoms with Gasteiger partial charge in [-0.3, -0.25) is 9.59 Å². The molecule has 1 N–H and O–H groups in total. The summed E-state index contributed by atoms with van der Waals surface area (Å²) in [4.78, 5) is 27.4. The van der Waals surface area contributed by atoms with E-state index >= 15 is 0 Å². The zero-order valence-electron chi connectivity index (χ0n) is 11.6. The molecule has 2 rings (SSSR count). The quantitative estimate of drug-likeness (QED) is 0.683. The number of aromatic nitrogens is 1. The highest BCUT2D eigenvalue weighted by atomic mass is 35.5. The van der Waals surface area contributed by atoms with E-state index in [4.69, 9.17) is 27.9 Å². The van der Waals surface area contributed by atoms with Gasteiger partial charge in [0.25, 0.3) is 5.91 Å². The molecule has 1 heterocycles. The molecule has 0 saturated heterocycles. The van der Waals surface area contributed by atoms with Crippen LogP contribution in [0.3, 0.4) is 0 Å². The molecule has 21 heavy (non-hydrogen) atoms. The van der Waals surface area contributed by atoms with Crippen molar-refractivity contribution >= 4 is 35.1 Å². The van der Waals surface area contributed by atoms with Crippen LogP contribution in [-0.4, -0.2) is 30.0 Å². The average Bonchev–Trinajstić information content (AvgIpc) is 2.49. The fraction of sp³-hybridized carbons (Fsp3) is 0.500. The largest absolute Gasteiger partial charge is 0.469 e. The Morgan fingerprint density at radius 2 is 1.95 bits per heavy atom. The Labute approximate surface area is 133 Å². The molecular formula is C14H16Cl2N2O3. The standard InChI is InChI=1S/C14H16Cl2N2O3/c1-21-14(20)8-2-4-9(5-3-8)18-13(19)10-6-12(16)17-7-11(10)15/h6-9H,2-5H2,1H3,(H,18,19). The Kier molecular flexibility index (Phi) is 5.42. The van der Waals surface area contributed by atoms with Crippen LogP contribution in [0.1, 0.15) is 36.0 Å².